The van der Waals surface area contributed by atoms with Gasteiger partial charge in [-0.3, -0.25) is 0 Å². The third-order valence-corrected chi connectivity index (χ3v) is 2.18. The molecule has 0 unspecified atom stereocenters. The van der Waals surface area contributed by atoms with Crippen molar-refractivity contribution in [2.45, 2.75) is 19.8 Å². The monoisotopic (exact) mass is 193 g/mol. The van der Waals surface area contributed by atoms with E-state index in [9.17, 15) is 4.79 Å². The van der Waals surface area contributed by atoms with Crippen LogP contribution in [0.15, 0.2) is 16.7 Å². The van der Waals surface area contributed by atoms with Crippen molar-refractivity contribution in [2.75, 3.05) is 0 Å². The van der Waals surface area contributed by atoms with Crippen molar-refractivity contribution >= 4 is 17.1 Å². The van der Waals surface area contributed by atoms with Crippen LogP contribution in [0, 0.1) is 0 Å². The predicted octanol–water partition coefficient (Wildman–Crippen LogP) is 2.41. The van der Waals surface area contributed by atoms with E-state index < -0.39 is 5.97 Å². The van der Waals surface area contributed by atoms with E-state index in [4.69, 9.17) is 9.52 Å². The summed E-state index contributed by atoms with van der Waals surface area (Å²) in [5.41, 5.74) is 2.64. The van der Waals surface area contributed by atoms with Crippen LogP contribution in [0.1, 0.15) is 29.4 Å². The quantitative estimate of drug-likeness (QED) is 0.786. The molecule has 0 radical (unpaired) electrons. The Bertz CT molecular complexity index is 467. The summed E-state index contributed by atoms with van der Waals surface area (Å²) in [7, 11) is 0. The average molecular weight is 193 g/mol. The number of carbonyl (C=O) groups is 1. The Hall–Kier alpha value is -1.71. The highest BCUT2D eigenvalue weighted by Crippen LogP contribution is 2.22. The number of hydrogen-bond donors (Lipinski definition) is 2. The van der Waals surface area contributed by atoms with E-state index in [1.807, 2.05) is 0 Å². The summed E-state index contributed by atoms with van der Waals surface area (Å²) >= 11 is 0. The van der Waals surface area contributed by atoms with Gasteiger partial charge in [-0.1, -0.05) is 13.3 Å². The number of carboxylic acids is 1. The molecule has 0 saturated carbocycles. The molecule has 0 fully saturated rings. The van der Waals surface area contributed by atoms with Crippen molar-refractivity contribution in [1.82, 2.24) is 4.98 Å². The molecule has 2 rings (SSSR count). The topological polar surface area (TPSA) is 66.2 Å². The summed E-state index contributed by atoms with van der Waals surface area (Å²) in [6.45, 7) is 2.07. The molecule has 2 heterocycles. The van der Waals surface area contributed by atoms with Gasteiger partial charge in [0, 0.05) is 11.6 Å². The Morgan fingerprint density at radius 2 is 2.43 bits per heavy atom. The standard InChI is InChI=1S/C10H11NO3/c1-2-3-6-5-14-8-4-7(10(12)13)11-9(6)8/h4-5,11H,2-3H2,1H3,(H,12,13). The first kappa shape index (κ1) is 8.87. The first-order valence-corrected chi connectivity index (χ1v) is 4.54. The number of H-pyrrole nitrogens is 1. The summed E-state index contributed by atoms with van der Waals surface area (Å²) in [6, 6.07) is 1.51. The van der Waals surface area contributed by atoms with E-state index in [1.54, 1.807) is 6.26 Å². The molecule has 0 aromatic carbocycles. The molecule has 74 valence electrons. The second-order valence-electron chi connectivity index (χ2n) is 3.24. The molecular weight excluding hydrogens is 182 g/mol. The largest absolute Gasteiger partial charge is 0.477 e. The molecule has 4 heteroatoms. The molecule has 0 amide bonds. The molecule has 2 N–H and O–H groups in total. The minimum atomic E-state index is -0.959. The molecule has 2 aromatic rings. The molecule has 4 nitrogen and oxygen atoms in total. The Labute approximate surface area is 80.5 Å². The maximum absolute atomic E-state index is 10.7. The molecule has 2 aromatic heterocycles. The van der Waals surface area contributed by atoms with Crippen LogP contribution >= 0.6 is 0 Å². The molecular formula is C10H11NO3. The summed E-state index contributed by atoms with van der Waals surface area (Å²) < 4.78 is 5.24. The third-order valence-electron chi connectivity index (χ3n) is 2.18. The zero-order valence-corrected chi connectivity index (χ0v) is 7.83. The summed E-state index contributed by atoms with van der Waals surface area (Å²) in [5.74, 6) is -0.959. The molecule has 0 aliphatic rings. The van der Waals surface area contributed by atoms with Crippen LogP contribution in [0.2, 0.25) is 0 Å². The SMILES string of the molecule is CCCc1coc2cc(C(=O)O)[nH]c12. The molecule has 0 bridgehead atoms. The van der Waals surface area contributed by atoms with E-state index in [0.717, 1.165) is 23.9 Å². The van der Waals surface area contributed by atoms with Gasteiger partial charge in [0.15, 0.2) is 5.58 Å². The van der Waals surface area contributed by atoms with Gasteiger partial charge in [-0.05, 0) is 6.42 Å². The van der Waals surface area contributed by atoms with Gasteiger partial charge in [-0.25, -0.2) is 4.79 Å². The van der Waals surface area contributed by atoms with Crippen LogP contribution in [0.5, 0.6) is 0 Å². The number of aromatic amines is 1. The van der Waals surface area contributed by atoms with E-state index >= 15 is 0 Å². The second-order valence-corrected chi connectivity index (χ2v) is 3.24. The Kier molecular flexibility index (Phi) is 2.04. The van der Waals surface area contributed by atoms with Crippen molar-refractivity contribution in [3.63, 3.8) is 0 Å². The fraction of sp³-hybridized carbons (Fsp3) is 0.300. The van der Waals surface area contributed by atoms with Gasteiger partial charge in [0.2, 0.25) is 0 Å². The van der Waals surface area contributed by atoms with E-state index in [0.29, 0.717) is 5.58 Å². The molecule has 14 heavy (non-hydrogen) atoms. The van der Waals surface area contributed by atoms with E-state index in [2.05, 4.69) is 11.9 Å². The lowest BCUT2D eigenvalue weighted by molar-refractivity contribution is 0.0691. The number of rotatable bonds is 3. The fourth-order valence-electron chi connectivity index (χ4n) is 1.53. The van der Waals surface area contributed by atoms with Crippen molar-refractivity contribution in [1.29, 1.82) is 0 Å². The molecule has 0 atom stereocenters. The summed E-state index contributed by atoms with van der Waals surface area (Å²) in [4.78, 5) is 13.5. The smallest absolute Gasteiger partial charge is 0.352 e. The predicted molar refractivity (Wildman–Crippen MR) is 51.5 cm³/mol. The highest BCUT2D eigenvalue weighted by molar-refractivity contribution is 5.92. The number of furan rings is 1. The van der Waals surface area contributed by atoms with Crippen LogP contribution < -0.4 is 0 Å². The van der Waals surface area contributed by atoms with Gasteiger partial charge in [0.25, 0.3) is 0 Å². The number of nitrogens with one attached hydrogen (secondary N) is 1. The lowest BCUT2D eigenvalue weighted by Gasteiger charge is -1.90. The third kappa shape index (κ3) is 1.28. The Morgan fingerprint density at radius 1 is 1.64 bits per heavy atom. The van der Waals surface area contributed by atoms with Gasteiger partial charge >= 0.3 is 5.97 Å². The number of fused-ring (bicyclic) bond motifs is 1. The number of aryl methyl sites for hydroxylation is 1. The molecule has 0 spiro atoms. The number of aromatic carboxylic acids is 1. The van der Waals surface area contributed by atoms with Gasteiger partial charge in [0.1, 0.15) is 5.69 Å². The normalized spacial score (nSPS) is 10.9. The lowest BCUT2D eigenvalue weighted by Crippen LogP contribution is -1.95. The number of hydrogen-bond acceptors (Lipinski definition) is 2. The number of carboxylic acid groups (broad SMARTS) is 1. The minimum Gasteiger partial charge on any atom is -0.477 e. The van der Waals surface area contributed by atoms with Crippen LogP contribution in [-0.4, -0.2) is 16.1 Å². The molecule has 0 aliphatic heterocycles. The first-order valence-electron chi connectivity index (χ1n) is 4.54. The van der Waals surface area contributed by atoms with Gasteiger partial charge < -0.3 is 14.5 Å². The van der Waals surface area contributed by atoms with E-state index in [1.165, 1.54) is 6.07 Å². The van der Waals surface area contributed by atoms with Crippen molar-refractivity contribution < 1.29 is 14.3 Å². The van der Waals surface area contributed by atoms with Gasteiger partial charge in [-0.15, -0.1) is 0 Å². The maximum Gasteiger partial charge on any atom is 0.352 e. The molecule has 0 saturated heterocycles. The van der Waals surface area contributed by atoms with Crippen LogP contribution in [-0.2, 0) is 6.42 Å². The first-order chi connectivity index (χ1) is 6.72. The van der Waals surface area contributed by atoms with E-state index in [-0.39, 0.29) is 5.69 Å². The van der Waals surface area contributed by atoms with Crippen molar-refractivity contribution in [3.8, 4) is 0 Å². The van der Waals surface area contributed by atoms with Crippen LogP contribution in [0.3, 0.4) is 0 Å². The maximum atomic E-state index is 10.7. The summed E-state index contributed by atoms with van der Waals surface area (Å²) in [5, 5.41) is 8.75. The Morgan fingerprint density at radius 3 is 3.07 bits per heavy atom. The average Bonchev–Trinajstić information content (AvgIpc) is 2.67. The molecule has 0 aliphatic carbocycles. The fourth-order valence-corrected chi connectivity index (χ4v) is 1.53. The highest BCUT2D eigenvalue weighted by Gasteiger charge is 2.12. The van der Waals surface area contributed by atoms with Crippen molar-refractivity contribution in [2.24, 2.45) is 0 Å². The Balaban J connectivity index is 2.50. The van der Waals surface area contributed by atoms with Crippen LogP contribution in [0.4, 0.5) is 0 Å². The highest BCUT2D eigenvalue weighted by atomic mass is 16.4. The minimum absolute atomic E-state index is 0.178. The zero-order valence-electron chi connectivity index (χ0n) is 7.83. The number of aromatic nitrogens is 1. The van der Waals surface area contributed by atoms with Gasteiger partial charge in [-0.2, -0.15) is 0 Å². The zero-order chi connectivity index (χ0) is 10.1. The summed E-state index contributed by atoms with van der Waals surface area (Å²) in [6.07, 6.45) is 3.58. The second kappa shape index (κ2) is 3.21. The van der Waals surface area contributed by atoms with Gasteiger partial charge in [0.05, 0.1) is 11.8 Å². The van der Waals surface area contributed by atoms with Crippen LogP contribution in [0.25, 0.3) is 11.1 Å². The van der Waals surface area contributed by atoms with Crippen molar-refractivity contribution in [3.05, 3.63) is 23.6 Å². The lowest BCUT2D eigenvalue weighted by atomic mass is 10.2.